The zero-order valence-electron chi connectivity index (χ0n) is 8.60. The van der Waals surface area contributed by atoms with Gasteiger partial charge in [0.25, 0.3) is 0 Å². The van der Waals surface area contributed by atoms with E-state index in [1.54, 1.807) is 12.4 Å². The molecule has 15 heavy (non-hydrogen) atoms. The molecular weight excluding hydrogens is 210 g/mol. The lowest BCUT2D eigenvalue weighted by Gasteiger charge is -1.98. The lowest BCUT2D eigenvalue weighted by molar-refractivity contribution is 0.0993. The van der Waals surface area contributed by atoms with Crippen LogP contribution in [0.5, 0.6) is 0 Å². The molecule has 5 heteroatoms. The summed E-state index contributed by atoms with van der Waals surface area (Å²) in [5.41, 5.74) is 0. The molecular formula is C10H11N3OS. The number of aryl methyl sites for hydroxylation is 2. The van der Waals surface area contributed by atoms with Gasteiger partial charge in [0.2, 0.25) is 0 Å². The van der Waals surface area contributed by atoms with Crippen LogP contribution in [0.4, 0.5) is 0 Å². The molecule has 2 aromatic rings. The van der Waals surface area contributed by atoms with Gasteiger partial charge in [0.15, 0.2) is 5.78 Å². The van der Waals surface area contributed by atoms with Gasteiger partial charge in [0, 0.05) is 25.6 Å². The molecule has 2 heterocycles. The van der Waals surface area contributed by atoms with E-state index in [0.29, 0.717) is 11.3 Å². The van der Waals surface area contributed by atoms with E-state index < -0.39 is 0 Å². The third-order valence-electron chi connectivity index (χ3n) is 2.14. The molecule has 0 unspecified atom stereocenters. The number of hydrogen-bond donors (Lipinski definition) is 0. The molecule has 4 nitrogen and oxygen atoms in total. The van der Waals surface area contributed by atoms with Crippen LogP contribution in [0.15, 0.2) is 18.6 Å². The first-order valence-electron chi connectivity index (χ1n) is 4.58. The minimum atomic E-state index is 0.0786. The topological polar surface area (TPSA) is 47.8 Å². The average molecular weight is 221 g/mol. The Morgan fingerprint density at radius 3 is 2.87 bits per heavy atom. The Labute approximate surface area is 91.6 Å². The SMILES string of the molecule is Cc1ncc(C(=O)Cc2nccn2C)s1. The van der Waals surface area contributed by atoms with Crippen molar-refractivity contribution in [3.8, 4) is 0 Å². The Balaban J connectivity index is 2.14. The highest BCUT2D eigenvalue weighted by molar-refractivity contribution is 7.13. The molecule has 0 aromatic carbocycles. The number of hydrogen-bond acceptors (Lipinski definition) is 4. The third kappa shape index (κ3) is 2.12. The van der Waals surface area contributed by atoms with Gasteiger partial charge in [-0.2, -0.15) is 0 Å². The van der Waals surface area contributed by atoms with E-state index in [9.17, 15) is 4.79 Å². The van der Waals surface area contributed by atoms with E-state index in [0.717, 1.165) is 10.8 Å². The van der Waals surface area contributed by atoms with Crippen molar-refractivity contribution in [1.82, 2.24) is 14.5 Å². The molecule has 2 rings (SSSR count). The monoisotopic (exact) mass is 221 g/mol. The van der Waals surface area contributed by atoms with E-state index in [4.69, 9.17) is 0 Å². The van der Waals surface area contributed by atoms with E-state index in [2.05, 4.69) is 9.97 Å². The summed E-state index contributed by atoms with van der Waals surface area (Å²) in [4.78, 5) is 20.7. The zero-order chi connectivity index (χ0) is 10.8. The van der Waals surface area contributed by atoms with Crippen molar-refractivity contribution in [2.75, 3.05) is 0 Å². The fraction of sp³-hybridized carbons (Fsp3) is 0.300. The first-order valence-corrected chi connectivity index (χ1v) is 5.40. The molecule has 0 atom stereocenters. The predicted molar refractivity (Wildman–Crippen MR) is 58.1 cm³/mol. The first-order chi connectivity index (χ1) is 7.16. The van der Waals surface area contributed by atoms with Crippen molar-refractivity contribution >= 4 is 17.1 Å². The van der Waals surface area contributed by atoms with Crippen molar-refractivity contribution in [3.05, 3.63) is 34.3 Å². The van der Waals surface area contributed by atoms with Gasteiger partial charge in [-0.3, -0.25) is 4.79 Å². The number of thiazole rings is 1. The highest BCUT2D eigenvalue weighted by atomic mass is 32.1. The highest BCUT2D eigenvalue weighted by Gasteiger charge is 2.12. The molecule has 0 saturated carbocycles. The quantitative estimate of drug-likeness (QED) is 0.740. The van der Waals surface area contributed by atoms with E-state index in [-0.39, 0.29) is 5.78 Å². The third-order valence-corrected chi connectivity index (χ3v) is 3.09. The highest BCUT2D eigenvalue weighted by Crippen LogP contribution is 2.14. The second-order valence-corrected chi connectivity index (χ2v) is 4.53. The molecule has 0 bridgehead atoms. The van der Waals surface area contributed by atoms with E-state index in [1.165, 1.54) is 11.3 Å². The Morgan fingerprint density at radius 1 is 1.53 bits per heavy atom. The molecule has 0 aliphatic rings. The molecule has 0 N–H and O–H groups in total. The van der Waals surface area contributed by atoms with Crippen LogP contribution in [0.2, 0.25) is 0 Å². The fourth-order valence-corrected chi connectivity index (χ4v) is 2.00. The molecule has 0 amide bonds. The Bertz CT molecular complexity index is 486. The maximum Gasteiger partial charge on any atom is 0.181 e. The minimum Gasteiger partial charge on any atom is -0.338 e. The average Bonchev–Trinajstić information content (AvgIpc) is 2.77. The molecule has 0 fully saturated rings. The zero-order valence-corrected chi connectivity index (χ0v) is 9.41. The molecule has 2 aromatic heterocycles. The van der Waals surface area contributed by atoms with Crippen molar-refractivity contribution in [1.29, 1.82) is 0 Å². The minimum absolute atomic E-state index is 0.0786. The molecule has 0 saturated heterocycles. The van der Waals surface area contributed by atoms with E-state index >= 15 is 0 Å². The van der Waals surface area contributed by atoms with Crippen molar-refractivity contribution < 1.29 is 4.79 Å². The summed E-state index contributed by atoms with van der Waals surface area (Å²) < 4.78 is 1.85. The summed E-state index contributed by atoms with van der Waals surface area (Å²) in [6.45, 7) is 1.89. The number of rotatable bonds is 3. The van der Waals surface area contributed by atoms with Crippen LogP contribution in [-0.2, 0) is 13.5 Å². The number of Topliss-reactive ketones (excluding diaryl/α,β-unsaturated/α-hetero) is 1. The molecule has 0 radical (unpaired) electrons. The summed E-state index contributed by atoms with van der Waals surface area (Å²) in [5.74, 6) is 0.862. The Hall–Kier alpha value is -1.49. The molecule has 0 aliphatic heterocycles. The van der Waals surface area contributed by atoms with Crippen LogP contribution in [0.1, 0.15) is 20.5 Å². The van der Waals surface area contributed by atoms with Gasteiger partial charge in [0.05, 0.1) is 16.3 Å². The molecule has 0 spiro atoms. The molecule has 78 valence electrons. The van der Waals surface area contributed by atoms with E-state index in [1.807, 2.05) is 24.7 Å². The number of imidazole rings is 1. The summed E-state index contributed by atoms with van der Waals surface area (Å²) >= 11 is 1.43. The van der Waals surface area contributed by atoms with Crippen LogP contribution >= 0.6 is 11.3 Å². The number of aromatic nitrogens is 3. The second-order valence-electron chi connectivity index (χ2n) is 3.30. The Kier molecular flexibility index (Phi) is 2.64. The number of nitrogens with zero attached hydrogens (tertiary/aromatic N) is 3. The summed E-state index contributed by atoms with van der Waals surface area (Å²) in [6.07, 6.45) is 5.50. The van der Waals surface area contributed by atoms with Crippen molar-refractivity contribution in [2.45, 2.75) is 13.3 Å². The smallest absolute Gasteiger partial charge is 0.181 e. The molecule has 0 aliphatic carbocycles. The largest absolute Gasteiger partial charge is 0.338 e. The van der Waals surface area contributed by atoms with Gasteiger partial charge in [-0.05, 0) is 6.92 Å². The van der Waals surface area contributed by atoms with Gasteiger partial charge in [-0.1, -0.05) is 0 Å². The van der Waals surface area contributed by atoms with Gasteiger partial charge in [-0.25, -0.2) is 9.97 Å². The van der Waals surface area contributed by atoms with Gasteiger partial charge in [-0.15, -0.1) is 11.3 Å². The van der Waals surface area contributed by atoms with Crippen molar-refractivity contribution in [3.63, 3.8) is 0 Å². The van der Waals surface area contributed by atoms with Crippen LogP contribution in [0.3, 0.4) is 0 Å². The van der Waals surface area contributed by atoms with Crippen LogP contribution in [0, 0.1) is 6.92 Å². The number of carbonyl (C=O) groups is 1. The number of carbonyl (C=O) groups excluding carboxylic acids is 1. The predicted octanol–water partition coefficient (Wildman–Crippen LogP) is 1.61. The van der Waals surface area contributed by atoms with Gasteiger partial charge < -0.3 is 4.57 Å². The fourth-order valence-electron chi connectivity index (χ4n) is 1.29. The van der Waals surface area contributed by atoms with Crippen LogP contribution < -0.4 is 0 Å². The standard InChI is InChI=1S/C10H11N3OS/c1-7-12-6-9(15-7)8(14)5-10-11-3-4-13(10)2/h3-4,6H,5H2,1-2H3. The summed E-state index contributed by atoms with van der Waals surface area (Å²) in [6, 6.07) is 0. The van der Waals surface area contributed by atoms with Gasteiger partial charge in [0.1, 0.15) is 5.82 Å². The van der Waals surface area contributed by atoms with Crippen molar-refractivity contribution in [2.24, 2.45) is 7.05 Å². The van der Waals surface area contributed by atoms with Gasteiger partial charge >= 0.3 is 0 Å². The maximum absolute atomic E-state index is 11.8. The first kappa shape index (κ1) is 10.0. The normalized spacial score (nSPS) is 10.5. The number of ketones is 1. The lowest BCUT2D eigenvalue weighted by Crippen LogP contribution is -2.06. The second kappa shape index (κ2) is 3.94. The van der Waals surface area contributed by atoms with Crippen LogP contribution in [-0.4, -0.2) is 20.3 Å². The van der Waals surface area contributed by atoms with Crippen LogP contribution in [0.25, 0.3) is 0 Å². The lowest BCUT2D eigenvalue weighted by atomic mass is 10.2. The Morgan fingerprint density at radius 2 is 2.33 bits per heavy atom. The maximum atomic E-state index is 11.8. The summed E-state index contributed by atoms with van der Waals surface area (Å²) in [5, 5.41) is 0.915. The summed E-state index contributed by atoms with van der Waals surface area (Å²) in [7, 11) is 1.88.